The van der Waals surface area contributed by atoms with Crippen LogP contribution in [0.4, 0.5) is 0 Å². The van der Waals surface area contributed by atoms with Crippen LogP contribution in [0.2, 0.25) is 5.02 Å². The maximum Gasteiger partial charge on any atom is 0.147 e. The summed E-state index contributed by atoms with van der Waals surface area (Å²) in [5.41, 5.74) is 1.01. The predicted octanol–water partition coefficient (Wildman–Crippen LogP) is 3.19. The van der Waals surface area contributed by atoms with Crippen molar-refractivity contribution in [3.8, 4) is 0 Å². The molecule has 1 aromatic carbocycles. The molecule has 1 rings (SSSR count). The minimum Gasteiger partial charge on any atom is -0.310 e. The molecule has 102 valence electrons. The van der Waals surface area contributed by atoms with E-state index in [1.54, 1.807) is 0 Å². The zero-order chi connectivity index (χ0) is 13.8. The number of hydrogen-bond acceptors (Lipinski definition) is 3. The van der Waals surface area contributed by atoms with Gasteiger partial charge in [-0.15, -0.1) is 0 Å². The minimum absolute atomic E-state index is 0.00956. The summed E-state index contributed by atoms with van der Waals surface area (Å²) in [6.07, 6.45) is 1.80. The third-order valence-corrected chi connectivity index (χ3v) is 4.78. The summed E-state index contributed by atoms with van der Waals surface area (Å²) in [7, 11) is -2.95. The summed E-state index contributed by atoms with van der Waals surface area (Å²) in [6, 6.07) is 5.70. The Morgan fingerprint density at radius 2 is 2.11 bits per heavy atom. The van der Waals surface area contributed by atoms with Crippen LogP contribution >= 0.6 is 27.5 Å². The van der Waals surface area contributed by atoms with Crippen molar-refractivity contribution >= 4 is 37.4 Å². The second kappa shape index (κ2) is 6.89. The second-order valence-corrected chi connectivity index (χ2v) is 7.72. The molecule has 0 aliphatic rings. The Kier molecular flexibility index (Phi) is 6.11. The van der Waals surface area contributed by atoms with Gasteiger partial charge >= 0.3 is 0 Å². The van der Waals surface area contributed by atoms with E-state index in [-0.39, 0.29) is 11.8 Å². The number of rotatable bonds is 6. The molecule has 0 spiro atoms. The standard InChI is InChI=1S/C12H17BrClNO2S/c1-3-15-12(6-7-18(2,16)17)9-4-5-10(13)11(14)8-9/h4-5,8,12,15H,3,6-7H2,1-2H3. The highest BCUT2D eigenvalue weighted by atomic mass is 79.9. The van der Waals surface area contributed by atoms with Gasteiger partial charge in [0, 0.05) is 16.8 Å². The molecular weight excluding hydrogens is 338 g/mol. The van der Waals surface area contributed by atoms with Crippen LogP contribution in [0.25, 0.3) is 0 Å². The van der Waals surface area contributed by atoms with E-state index < -0.39 is 9.84 Å². The monoisotopic (exact) mass is 353 g/mol. The molecule has 0 radical (unpaired) electrons. The Hall–Kier alpha value is -0.100. The molecule has 1 unspecified atom stereocenters. The van der Waals surface area contributed by atoms with Gasteiger partial charge in [0.25, 0.3) is 0 Å². The Bertz CT molecular complexity index is 505. The summed E-state index contributed by atoms with van der Waals surface area (Å²) < 4.78 is 23.3. The fourth-order valence-corrected chi connectivity index (χ4v) is 2.79. The molecule has 0 fully saturated rings. The van der Waals surface area contributed by atoms with E-state index in [1.807, 2.05) is 25.1 Å². The topological polar surface area (TPSA) is 46.2 Å². The molecule has 3 nitrogen and oxygen atoms in total. The van der Waals surface area contributed by atoms with Crippen LogP contribution in [0.5, 0.6) is 0 Å². The molecule has 0 saturated carbocycles. The van der Waals surface area contributed by atoms with Crippen molar-refractivity contribution < 1.29 is 8.42 Å². The summed E-state index contributed by atoms with van der Waals surface area (Å²) in [4.78, 5) is 0. The molecule has 0 saturated heterocycles. The zero-order valence-electron chi connectivity index (χ0n) is 10.4. The first-order valence-corrected chi connectivity index (χ1v) is 8.92. The smallest absolute Gasteiger partial charge is 0.147 e. The third-order valence-electron chi connectivity index (χ3n) is 2.57. The van der Waals surface area contributed by atoms with Crippen molar-refractivity contribution in [1.29, 1.82) is 0 Å². The second-order valence-electron chi connectivity index (χ2n) is 4.20. The van der Waals surface area contributed by atoms with Crippen LogP contribution < -0.4 is 5.32 Å². The van der Waals surface area contributed by atoms with E-state index in [4.69, 9.17) is 11.6 Å². The molecule has 0 aliphatic heterocycles. The van der Waals surface area contributed by atoms with Crippen LogP contribution in [0.3, 0.4) is 0 Å². The lowest BCUT2D eigenvalue weighted by atomic mass is 10.0. The number of halogens is 2. The molecule has 0 bridgehead atoms. The van der Waals surface area contributed by atoms with E-state index in [0.717, 1.165) is 16.6 Å². The Morgan fingerprint density at radius 3 is 2.61 bits per heavy atom. The predicted molar refractivity (Wildman–Crippen MR) is 79.9 cm³/mol. The Balaban J connectivity index is 2.86. The van der Waals surface area contributed by atoms with Gasteiger partial charge < -0.3 is 5.32 Å². The number of hydrogen-bond donors (Lipinski definition) is 1. The van der Waals surface area contributed by atoms with Gasteiger partial charge in [0.2, 0.25) is 0 Å². The quantitative estimate of drug-likeness (QED) is 0.853. The van der Waals surface area contributed by atoms with Gasteiger partial charge in [-0.25, -0.2) is 8.42 Å². The van der Waals surface area contributed by atoms with E-state index in [2.05, 4.69) is 21.2 Å². The first-order chi connectivity index (χ1) is 8.33. The molecule has 0 aliphatic carbocycles. The number of benzene rings is 1. The lowest BCUT2D eigenvalue weighted by molar-refractivity contribution is 0.530. The lowest BCUT2D eigenvalue weighted by Gasteiger charge is -2.18. The molecule has 0 heterocycles. The largest absolute Gasteiger partial charge is 0.310 e. The maximum atomic E-state index is 11.2. The van der Waals surface area contributed by atoms with Crippen molar-refractivity contribution in [2.45, 2.75) is 19.4 Å². The average molecular weight is 355 g/mol. The highest BCUT2D eigenvalue weighted by Crippen LogP contribution is 2.27. The molecule has 1 atom stereocenters. The molecule has 18 heavy (non-hydrogen) atoms. The van der Waals surface area contributed by atoms with Crippen molar-refractivity contribution in [2.75, 3.05) is 18.6 Å². The highest BCUT2D eigenvalue weighted by Gasteiger charge is 2.14. The first kappa shape index (κ1) is 16.0. The molecule has 6 heteroatoms. The fraction of sp³-hybridized carbons (Fsp3) is 0.500. The number of sulfone groups is 1. The normalized spacial score (nSPS) is 13.6. The van der Waals surface area contributed by atoms with Gasteiger partial charge in [-0.3, -0.25) is 0 Å². The third kappa shape index (κ3) is 5.26. The van der Waals surface area contributed by atoms with Gasteiger partial charge in [-0.2, -0.15) is 0 Å². The minimum atomic E-state index is -2.95. The summed E-state index contributed by atoms with van der Waals surface area (Å²) in [5, 5.41) is 3.91. The van der Waals surface area contributed by atoms with Gasteiger partial charge in [0.05, 0.1) is 10.8 Å². The summed E-state index contributed by atoms with van der Waals surface area (Å²) >= 11 is 9.40. The fourth-order valence-electron chi connectivity index (χ4n) is 1.69. The average Bonchev–Trinajstić information content (AvgIpc) is 2.27. The maximum absolute atomic E-state index is 11.2. The van der Waals surface area contributed by atoms with Crippen LogP contribution in [0, 0.1) is 0 Å². The van der Waals surface area contributed by atoms with Crippen LogP contribution in [0.15, 0.2) is 22.7 Å². The van der Waals surface area contributed by atoms with Gasteiger partial charge in [-0.05, 0) is 46.6 Å². The van der Waals surface area contributed by atoms with E-state index in [1.165, 1.54) is 6.26 Å². The van der Waals surface area contributed by atoms with Crippen LogP contribution in [-0.2, 0) is 9.84 Å². The molecular formula is C12H17BrClNO2S. The molecule has 0 aromatic heterocycles. The van der Waals surface area contributed by atoms with Crippen molar-refractivity contribution in [3.63, 3.8) is 0 Å². The van der Waals surface area contributed by atoms with E-state index in [0.29, 0.717) is 11.4 Å². The molecule has 0 amide bonds. The van der Waals surface area contributed by atoms with Gasteiger partial charge in [-0.1, -0.05) is 24.6 Å². The van der Waals surface area contributed by atoms with Gasteiger partial charge in [0.15, 0.2) is 0 Å². The molecule has 1 aromatic rings. The van der Waals surface area contributed by atoms with Gasteiger partial charge in [0.1, 0.15) is 9.84 Å². The lowest BCUT2D eigenvalue weighted by Crippen LogP contribution is -2.23. The summed E-state index contributed by atoms with van der Waals surface area (Å²) in [6.45, 7) is 2.77. The highest BCUT2D eigenvalue weighted by molar-refractivity contribution is 9.10. The first-order valence-electron chi connectivity index (χ1n) is 5.69. The van der Waals surface area contributed by atoms with Crippen molar-refractivity contribution in [3.05, 3.63) is 33.3 Å². The number of nitrogens with one attached hydrogen (secondary N) is 1. The molecule has 1 N–H and O–H groups in total. The van der Waals surface area contributed by atoms with Crippen LogP contribution in [0.1, 0.15) is 24.9 Å². The SMILES string of the molecule is CCNC(CCS(C)(=O)=O)c1ccc(Br)c(Cl)c1. The zero-order valence-corrected chi connectivity index (χ0v) is 13.6. The van der Waals surface area contributed by atoms with Crippen molar-refractivity contribution in [2.24, 2.45) is 0 Å². The summed E-state index contributed by atoms with van der Waals surface area (Å²) in [5.74, 6) is 0.165. The Morgan fingerprint density at radius 1 is 1.44 bits per heavy atom. The van der Waals surface area contributed by atoms with E-state index in [9.17, 15) is 8.42 Å². The van der Waals surface area contributed by atoms with E-state index >= 15 is 0 Å². The Labute approximate surface area is 122 Å². The van der Waals surface area contributed by atoms with Crippen molar-refractivity contribution in [1.82, 2.24) is 5.32 Å². The van der Waals surface area contributed by atoms with Crippen LogP contribution in [-0.4, -0.2) is 27.0 Å².